The summed E-state index contributed by atoms with van der Waals surface area (Å²) in [6.07, 6.45) is 2.57. The molecule has 1 fully saturated rings. The fourth-order valence-corrected chi connectivity index (χ4v) is 3.46. The van der Waals surface area contributed by atoms with Crippen LogP contribution < -0.4 is 10.2 Å². The van der Waals surface area contributed by atoms with E-state index in [-0.39, 0.29) is 11.8 Å². The maximum Gasteiger partial charge on any atom is 0.223 e. The third-order valence-corrected chi connectivity index (χ3v) is 5.36. The van der Waals surface area contributed by atoms with Gasteiger partial charge in [-0.1, -0.05) is 12.1 Å². The molecule has 3 rings (SSSR count). The Hall–Kier alpha value is -1.89. The normalized spacial score (nSPS) is 15.0. The number of rotatable bonds is 5. The van der Waals surface area contributed by atoms with E-state index in [0.717, 1.165) is 43.5 Å². The number of halogens is 1. The number of carbonyl (C=O) groups is 2. The first-order chi connectivity index (χ1) is 12.2. The van der Waals surface area contributed by atoms with Crippen LogP contribution in [0.3, 0.4) is 0 Å². The minimum absolute atomic E-state index is 0.0781. The lowest BCUT2D eigenvalue weighted by Gasteiger charge is -2.33. The first kappa shape index (κ1) is 17.9. The Kier molecular flexibility index (Phi) is 6.07. The lowest BCUT2D eigenvalue weighted by atomic mass is 9.95. The number of nitrogens with zero attached hydrogens (tertiary/aromatic N) is 1. The molecule has 2 aromatic carbocycles. The van der Waals surface area contributed by atoms with Gasteiger partial charge in [-0.3, -0.25) is 9.59 Å². The largest absolute Gasteiger partial charge is 0.371 e. The molecular weight excluding hydrogens is 427 g/mol. The molecular formula is C20H21IN2O2. The molecule has 1 heterocycles. The van der Waals surface area contributed by atoms with Crippen molar-refractivity contribution < 1.29 is 9.59 Å². The molecule has 2 aromatic rings. The van der Waals surface area contributed by atoms with Crippen molar-refractivity contribution in [1.82, 2.24) is 5.32 Å². The minimum Gasteiger partial charge on any atom is -0.371 e. The van der Waals surface area contributed by atoms with Crippen LogP contribution in [0.4, 0.5) is 5.69 Å². The molecule has 1 amide bonds. The first-order valence-electron chi connectivity index (χ1n) is 8.48. The summed E-state index contributed by atoms with van der Waals surface area (Å²) in [6.45, 7) is 2.31. The van der Waals surface area contributed by atoms with Gasteiger partial charge in [-0.15, -0.1) is 0 Å². The molecule has 0 aromatic heterocycles. The van der Waals surface area contributed by atoms with Crippen molar-refractivity contribution in [3.8, 4) is 0 Å². The van der Waals surface area contributed by atoms with Gasteiger partial charge in [0.1, 0.15) is 6.29 Å². The van der Waals surface area contributed by atoms with Crippen LogP contribution in [0.25, 0.3) is 0 Å². The van der Waals surface area contributed by atoms with Crippen LogP contribution in [0.15, 0.2) is 48.5 Å². The molecule has 0 unspecified atom stereocenters. The van der Waals surface area contributed by atoms with Crippen LogP contribution in [0.1, 0.15) is 28.8 Å². The average Bonchev–Trinajstić information content (AvgIpc) is 2.67. The lowest BCUT2D eigenvalue weighted by molar-refractivity contribution is -0.125. The second-order valence-electron chi connectivity index (χ2n) is 6.31. The highest BCUT2D eigenvalue weighted by atomic mass is 127. The van der Waals surface area contributed by atoms with Gasteiger partial charge in [0.25, 0.3) is 0 Å². The van der Waals surface area contributed by atoms with Crippen molar-refractivity contribution in [2.75, 3.05) is 18.0 Å². The molecule has 1 aliphatic rings. The predicted molar refractivity (Wildman–Crippen MR) is 108 cm³/mol. The van der Waals surface area contributed by atoms with Crippen LogP contribution in [-0.2, 0) is 11.3 Å². The summed E-state index contributed by atoms with van der Waals surface area (Å²) in [6, 6.07) is 15.8. The number of amides is 1. The number of benzene rings is 2. The summed E-state index contributed by atoms with van der Waals surface area (Å²) in [4.78, 5) is 25.4. The number of piperidine rings is 1. The highest BCUT2D eigenvalue weighted by Gasteiger charge is 2.24. The number of hydrogen-bond acceptors (Lipinski definition) is 3. The van der Waals surface area contributed by atoms with E-state index in [4.69, 9.17) is 0 Å². The molecule has 1 saturated heterocycles. The maximum atomic E-state index is 12.4. The molecule has 25 heavy (non-hydrogen) atoms. The van der Waals surface area contributed by atoms with Gasteiger partial charge in [-0.05, 0) is 77.4 Å². The van der Waals surface area contributed by atoms with E-state index in [1.807, 2.05) is 36.4 Å². The zero-order chi connectivity index (χ0) is 17.6. The van der Waals surface area contributed by atoms with Gasteiger partial charge in [0.05, 0.1) is 0 Å². The summed E-state index contributed by atoms with van der Waals surface area (Å²) in [7, 11) is 0. The molecule has 130 valence electrons. The third kappa shape index (κ3) is 4.81. The van der Waals surface area contributed by atoms with Crippen LogP contribution in [0.2, 0.25) is 0 Å². The molecule has 1 aliphatic heterocycles. The predicted octanol–water partition coefficient (Wildman–Crippen LogP) is 3.64. The molecule has 0 spiro atoms. The molecule has 0 aliphatic carbocycles. The zero-order valence-corrected chi connectivity index (χ0v) is 16.1. The molecule has 0 bridgehead atoms. The summed E-state index contributed by atoms with van der Waals surface area (Å²) < 4.78 is 1.20. The monoisotopic (exact) mass is 448 g/mol. The Balaban J connectivity index is 1.48. The van der Waals surface area contributed by atoms with Crippen molar-refractivity contribution in [2.45, 2.75) is 19.4 Å². The molecule has 5 heteroatoms. The van der Waals surface area contributed by atoms with E-state index in [9.17, 15) is 9.59 Å². The highest BCUT2D eigenvalue weighted by molar-refractivity contribution is 14.1. The van der Waals surface area contributed by atoms with Crippen molar-refractivity contribution in [3.63, 3.8) is 0 Å². The second-order valence-corrected chi connectivity index (χ2v) is 7.56. The summed E-state index contributed by atoms with van der Waals surface area (Å²) >= 11 is 2.27. The number of nitrogens with one attached hydrogen (secondary N) is 1. The Morgan fingerprint density at radius 3 is 2.32 bits per heavy atom. The van der Waals surface area contributed by atoms with Gasteiger partial charge in [0.15, 0.2) is 0 Å². The van der Waals surface area contributed by atoms with Crippen LogP contribution in [-0.4, -0.2) is 25.3 Å². The molecule has 0 radical (unpaired) electrons. The quantitative estimate of drug-likeness (QED) is 0.562. The van der Waals surface area contributed by atoms with E-state index in [1.54, 1.807) is 0 Å². The smallest absolute Gasteiger partial charge is 0.223 e. The lowest BCUT2D eigenvalue weighted by Crippen LogP contribution is -2.40. The van der Waals surface area contributed by atoms with Crippen molar-refractivity contribution in [2.24, 2.45) is 5.92 Å². The van der Waals surface area contributed by atoms with E-state index in [0.29, 0.717) is 12.1 Å². The summed E-state index contributed by atoms with van der Waals surface area (Å²) in [5.41, 5.74) is 2.93. The van der Waals surface area contributed by atoms with Crippen molar-refractivity contribution >= 4 is 40.5 Å². The van der Waals surface area contributed by atoms with E-state index in [2.05, 4.69) is 44.9 Å². The molecule has 1 N–H and O–H groups in total. The third-order valence-electron chi connectivity index (χ3n) is 4.64. The zero-order valence-electron chi connectivity index (χ0n) is 14.0. The van der Waals surface area contributed by atoms with Gasteiger partial charge in [-0.2, -0.15) is 0 Å². The van der Waals surface area contributed by atoms with Crippen LogP contribution in [0.5, 0.6) is 0 Å². The number of aldehydes is 1. The van der Waals surface area contributed by atoms with Gasteiger partial charge in [-0.25, -0.2) is 0 Å². The van der Waals surface area contributed by atoms with Crippen LogP contribution in [0, 0.1) is 9.49 Å². The van der Waals surface area contributed by atoms with Crippen LogP contribution >= 0.6 is 22.6 Å². The number of carbonyl (C=O) groups excluding carboxylic acids is 2. The highest BCUT2D eigenvalue weighted by Crippen LogP contribution is 2.23. The number of hydrogen-bond donors (Lipinski definition) is 1. The van der Waals surface area contributed by atoms with E-state index < -0.39 is 0 Å². The average molecular weight is 448 g/mol. The Labute approximate surface area is 161 Å². The van der Waals surface area contributed by atoms with Gasteiger partial charge in [0, 0.05) is 40.4 Å². The van der Waals surface area contributed by atoms with Gasteiger partial charge < -0.3 is 10.2 Å². The summed E-state index contributed by atoms with van der Waals surface area (Å²) in [5.74, 6) is 0.226. The fraction of sp³-hybridized carbons (Fsp3) is 0.300. The SMILES string of the molecule is O=Cc1ccc(N2CCC(C(=O)NCc3ccc(I)cc3)CC2)cc1. The Morgan fingerprint density at radius 2 is 1.72 bits per heavy atom. The fourth-order valence-electron chi connectivity index (χ4n) is 3.10. The van der Waals surface area contributed by atoms with E-state index in [1.165, 1.54) is 3.57 Å². The molecule has 0 saturated carbocycles. The molecule has 0 atom stereocenters. The second kappa shape index (κ2) is 8.47. The van der Waals surface area contributed by atoms with E-state index >= 15 is 0 Å². The number of anilines is 1. The Morgan fingerprint density at radius 1 is 1.08 bits per heavy atom. The first-order valence-corrected chi connectivity index (χ1v) is 9.56. The summed E-state index contributed by atoms with van der Waals surface area (Å²) in [5, 5.41) is 3.06. The standard InChI is InChI=1S/C20H21IN2O2/c21-18-5-1-15(2-6-18)13-22-20(25)17-9-11-23(12-10-17)19-7-3-16(14-24)4-8-19/h1-8,14,17H,9-13H2,(H,22,25). The van der Waals surface area contributed by atoms with Gasteiger partial charge in [0.2, 0.25) is 5.91 Å². The Bertz CT molecular complexity index is 720. The van der Waals surface area contributed by atoms with Crippen molar-refractivity contribution in [3.05, 3.63) is 63.2 Å². The molecule has 4 nitrogen and oxygen atoms in total. The minimum atomic E-state index is 0.0781. The topological polar surface area (TPSA) is 49.4 Å². The maximum absolute atomic E-state index is 12.4. The van der Waals surface area contributed by atoms with Gasteiger partial charge >= 0.3 is 0 Å². The van der Waals surface area contributed by atoms with Crippen molar-refractivity contribution in [1.29, 1.82) is 0 Å².